The van der Waals surface area contributed by atoms with Crippen molar-refractivity contribution in [3.05, 3.63) is 132 Å². The quantitative estimate of drug-likeness (QED) is 0.0881. The van der Waals surface area contributed by atoms with Crippen LogP contribution in [0.4, 0.5) is 13.2 Å². The van der Waals surface area contributed by atoms with Gasteiger partial charge in [0.1, 0.15) is 18.1 Å². The van der Waals surface area contributed by atoms with E-state index in [1.807, 2.05) is 30.3 Å². The van der Waals surface area contributed by atoms with Gasteiger partial charge in [-0.1, -0.05) is 117 Å². The molecule has 4 rings (SSSR count). The molecule has 5 amide bonds. The Morgan fingerprint density at radius 1 is 0.625 bits per heavy atom. The summed E-state index contributed by atoms with van der Waals surface area (Å²) in [4.78, 5) is 66.4. The zero-order chi connectivity index (χ0) is 40.8. The van der Waals surface area contributed by atoms with Gasteiger partial charge in [-0.15, -0.1) is 0 Å². The second-order valence-electron chi connectivity index (χ2n) is 13.7. The maximum absolute atomic E-state index is 14.1. The van der Waals surface area contributed by atoms with E-state index in [-0.39, 0.29) is 12.8 Å². The largest absolute Gasteiger partial charge is 0.416 e. The number of hydrogen-bond acceptors (Lipinski definition) is 6. The van der Waals surface area contributed by atoms with Crippen LogP contribution in [-0.4, -0.2) is 71.1 Å². The summed E-state index contributed by atoms with van der Waals surface area (Å²) in [6, 6.07) is 27.6. The fourth-order valence-corrected chi connectivity index (χ4v) is 5.97. The molecule has 0 aliphatic carbocycles. The first-order valence-corrected chi connectivity index (χ1v) is 18.1. The first-order valence-electron chi connectivity index (χ1n) is 18.1. The highest BCUT2D eigenvalue weighted by Crippen LogP contribution is 2.25. The molecule has 0 aliphatic heterocycles. The van der Waals surface area contributed by atoms with E-state index in [0.29, 0.717) is 16.7 Å². The number of benzene rings is 4. The summed E-state index contributed by atoms with van der Waals surface area (Å²) in [7, 11) is 0. The van der Waals surface area contributed by atoms with Gasteiger partial charge in [0.25, 0.3) is 5.91 Å². The van der Waals surface area contributed by atoms with E-state index in [4.69, 9.17) is 5.73 Å². The molecular formula is C42H46F3N5O6. The van der Waals surface area contributed by atoms with Crippen LogP contribution in [0.3, 0.4) is 0 Å². The molecule has 0 aromatic heterocycles. The number of carbonyl (C=O) groups excluding carboxylic acids is 5. The summed E-state index contributed by atoms with van der Waals surface area (Å²) < 4.78 is 40.8. The number of alkyl halides is 3. The van der Waals surface area contributed by atoms with Crippen molar-refractivity contribution in [1.29, 1.82) is 0 Å². The molecule has 5 atom stereocenters. The molecule has 296 valence electrons. The summed E-state index contributed by atoms with van der Waals surface area (Å²) in [5.74, 6) is -4.49. The van der Waals surface area contributed by atoms with Gasteiger partial charge in [0.2, 0.25) is 23.6 Å². The Kier molecular flexibility index (Phi) is 15.3. The van der Waals surface area contributed by atoms with Gasteiger partial charge in [0.05, 0.1) is 6.04 Å². The molecule has 4 aromatic rings. The van der Waals surface area contributed by atoms with Crippen molar-refractivity contribution in [2.45, 2.75) is 76.0 Å². The lowest BCUT2D eigenvalue weighted by molar-refractivity contribution is -0.212. The minimum Gasteiger partial charge on any atom is -0.382 e. The predicted octanol–water partition coefficient (Wildman–Crippen LogP) is 4.24. The van der Waals surface area contributed by atoms with E-state index in [0.717, 1.165) is 11.1 Å². The molecule has 0 radical (unpaired) electrons. The molecular weight excluding hydrogens is 727 g/mol. The second-order valence-corrected chi connectivity index (χ2v) is 13.7. The van der Waals surface area contributed by atoms with Gasteiger partial charge in [-0.2, -0.15) is 13.2 Å². The average molecular weight is 774 g/mol. The lowest BCUT2D eigenvalue weighted by Gasteiger charge is -2.29. The first-order chi connectivity index (χ1) is 26.6. The summed E-state index contributed by atoms with van der Waals surface area (Å²) in [6.45, 7) is 3.44. The number of nitrogens with two attached hydrogens (primary N) is 1. The van der Waals surface area contributed by atoms with Gasteiger partial charge in [0.15, 0.2) is 6.10 Å². The second kappa shape index (κ2) is 20.1. The minimum absolute atomic E-state index is 0.0498. The smallest absolute Gasteiger partial charge is 0.382 e. The maximum Gasteiger partial charge on any atom is 0.416 e. The fourth-order valence-electron chi connectivity index (χ4n) is 5.97. The normalized spacial score (nSPS) is 14.1. The van der Waals surface area contributed by atoms with Gasteiger partial charge in [0, 0.05) is 24.8 Å². The maximum atomic E-state index is 14.1. The third-order valence-corrected chi connectivity index (χ3v) is 9.07. The van der Waals surface area contributed by atoms with Crippen LogP contribution in [0.5, 0.6) is 0 Å². The van der Waals surface area contributed by atoms with Crippen LogP contribution < -0.4 is 27.0 Å². The number of nitrogens with one attached hydrogen (secondary N) is 4. The molecule has 1 unspecified atom stereocenters. The van der Waals surface area contributed by atoms with E-state index >= 15 is 0 Å². The Labute approximate surface area is 323 Å². The van der Waals surface area contributed by atoms with E-state index < -0.39 is 84.7 Å². The lowest BCUT2D eigenvalue weighted by atomic mass is 9.99. The molecule has 0 bridgehead atoms. The third kappa shape index (κ3) is 12.8. The molecule has 0 aliphatic rings. The summed E-state index contributed by atoms with van der Waals surface area (Å²) in [5.41, 5.74) is 8.49. The van der Waals surface area contributed by atoms with Crippen LogP contribution in [0.2, 0.25) is 0 Å². The van der Waals surface area contributed by atoms with Crippen molar-refractivity contribution in [2.24, 2.45) is 11.7 Å². The van der Waals surface area contributed by atoms with Crippen LogP contribution in [0, 0.1) is 5.92 Å². The Morgan fingerprint density at radius 3 is 1.54 bits per heavy atom. The van der Waals surface area contributed by atoms with Gasteiger partial charge in [-0.25, -0.2) is 0 Å². The molecule has 0 fully saturated rings. The van der Waals surface area contributed by atoms with E-state index in [1.54, 1.807) is 98.8 Å². The Morgan fingerprint density at radius 2 is 1.07 bits per heavy atom. The number of primary amides is 1. The predicted molar refractivity (Wildman–Crippen MR) is 205 cm³/mol. The molecule has 0 saturated carbocycles. The molecule has 4 aromatic carbocycles. The molecule has 0 spiro atoms. The fraction of sp³-hybridized carbons (Fsp3) is 0.310. The molecule has 0 heterocycles. The zero-order valence-electron chi connectivity index (χ0n) is 31.0. The van der Waals surface area contributed by atoms with Crippen LogP contribution in [0.15, 0.2) is 115 Å². The molecule has 7 N–H and O–H groups in total. The molecule has 0 saturated heterocycles. The highest BCUT2D eigenvalue weighted by molar-refractivity contribution is 5.99. The van der Waals surface area contributed by atoms with Crippen LogP contribution >= 0.6 is 0 Å². The highest BCUT2D eigenvalue weighted by Gasteiger charge is 2.44. The number of carbonyl (C=O) groups is 5. The average Bonchev–Trinajstić information content (AvgIpc) is 3.18. The van der Waals surface area contributed by atoms with Crippen molar-refractivity contribution < 1.29 is 42.3 Å². The van der Waals surface area contributed by atoms with Crippen molar-refractivity contribution in [3.63, 3.8) is 0 Å². The van der Waals surface area contributed by atoms with Gasteiger partial charge < -0.3 is 32.1 Å². The topological polar surface area (TPSA) is 180 Å². The Balaban J connectivity index is 1.57. The summed E-state index contributed by atoms with van der Waals surface area (Å²) >= 11 is 0. The minimum atomic E-state index is -5.15. The lowest BCUT2D eigenvalue weighted by Crippen LogP contribution is -2.60. The number of hydrogen-bond donors (Lipinski definition) is 6. The molecule has 14 heteroatoms. The number of aliphatic hydroxyl groups is 1. The number of halogens is 3. The number of amides is 5. The van der Waals surface area contributed by atoms with Gasteiger partial charge in [-0.3, -0.25) is 24.0 Å². The van der Waals surface area contributed by atoms with Gasteiger partial charge in [-0.05, 0) is 46.7 Å². The number of rotatable bonds is 18. The van der Waals surface area contributed by atoms with Crippen molar-refractivity contribution in [2.75, 3.05) is 0 Å². The zero-order valence-corrected chi connectivity index (χ0v) is 31.0. The Bertz CT molecular complexity index is 1910. The summed E-state index contributed by atoms with van der Waals surface area (Å²) in [6.07, 6.45) is -9.60. The monoisotopic (exact) mass is 773 g/mol. The SMILES string of the molecule is CC(C)[C@H](NC(=O)c1ccc(-c2ccccc2)cc1)C(=O)N[C@@H](Cc1ccccc1)C(=O)N[C@@H](Cc1ccccc1)C(=O)N[C@@H](CCC(N)=O)C(O)C(F)(F)F. The van der Waals surface area contributed by atoms with Crippen LogP contribution in [0.1, 0.15) is 48.2 Å². The Hall–Kier alpha value is -6.02. The van der Waals surface area contributed by atoms with Crippen LogP contribution in [-0.2, 0) is 32.0 Å². The molecule has 56 heavy (non-hydrogen) atoms. The van der Waals surface area contributed by atoms with E-state index in [1.165, 1.54) is 0 Å². The number of aliphatic hydroxyl groups excluding tert-OH is 1. The molecule has 11 nitrogen and oxygen atoms in total. The van der Waals surface area contributed by atoms with E-state index in [9.17, 15) is 42.3 Å². The van der Waals surface area contributed by atoms with E-state index in [2.05, 4.69) is 21.3 Å². The summed E-state index contributed by atoms with van der Waals surface area (Å²) in [5, 5.41) is 20.3. The van der Waals surface area contributed by atoms with Crippen LogP contribution in [0.25, 0.3) is 11.1 Å². The van der Waals surface area contributed by atoms with Gasteiger partial charge >= 0.3 is 6.18 Å². The van der Waals surface area contributed by atoms with Crippen molar-refractivity contribution in [1.82, 2.24) is 21.3 Å². The first kappa shape index (κ1) is 42.7. The van der Waals surface area contributed by atoms with Crippen molar-refractivity contribution in [3.8, 4) is 11.1 Å². The van der Waals surface area contributed by atoms with Crippen molar-refractivity contribution >= 4 is 29.5 Å². The third-order valence-electron chi connectivity index (χ3n) is 9.07. The standard InChI is InChI=1S/C42H46F3N5O6/c1-26(2)36(50-38(53)31-20-18-30(19-21-31)29-16-10-5-11-17-29)41(56)49-34(25-28-14-8-4-9-15-28)40(55)48-33(24-27-12-6-3-7-13-27)39(54)47-32(22-23-35(46)51)37(52)42(43,44)45/h3-21,26,32-34,36-37,52H,22-25H2,1-2H3,(H2,46,51)(H,47,54)(H,48,55)(H,49,56)(H,50,53)/t32-,33-,34-,36-,37?/m0/s1. The highest BCUT2D eigenvalue weighted by atomic mass is 19.4.